The molecule has 1 fully saturated rings. The summed E-state index contributed by atoms with van der Waals surface area (Å²) in [6.07, 6.45) is -0.113. The Morgan fingerprint density at radius 1 is 1.17 bits per heavy atom. The summed E-state index contributed by atoms with van der Waals surface area (Å²) in [4.78, 5) is 2.39. The molecule has 5 nitrogen and oxygen atoms in total. The summed E-state index contributed by atoms with van der Waals surface area (Å²) < 4.78 is 12.4. The quantitative estimate of drug-likeness (QED) is 0.714. The van der Waals surface area contributed by atoms with Crippen molar-refractivity contribution in [2.75, 3.05) is 26.2 Å². The van der Waals surface area contributed by atoms with Crippen molar-refractivity contribution in [3.05, 3.63) is 53.1 Å². The lowest BCUT2D eigenvalue weighted by atomic mass is 9.99. The lowest BCUT2D eigenvalue weighted by Crippen LogP contribution is -2.51. The number of hydrogen-bond donors (Lipinski definition) is 2. The molecule has 0 bridgehead atoms. The highest BCUT2D eigenvalue weighted by molar-refractivity contribution is 5.46. The Hall–Kier alpha value is -2.24. The molecule has 0 amide bonds. The van der Waals surface area contributed by atoms with Crippen LogP contribution in [0.5, 0.6) is 17.2 Å². The molecule has 2 aromatic carbocycles. The van der Waals surface area contributed by atoms with Crippen LogP contribution in [0.4, 0.5) is 0 Å². The zero-order valence-electron chi connectivity index (χ0n) is 18.2. The molecule has 0 aromatic heterocycles. The molecule has 1 saturated heterocycles. The fourth-order valence-corrected chi connectivity index (χ4v) is 3.98. The van der Waals surface area contributed by atoms with Crippen LogP contribution in [-0.4, -0.2) is 42.5 Å². The van der Waals surface area contributed by atoms with Gasteiger partial charge in [-0.05, 0) is 50.5 Å². The lowest BCUT2D eigenvalue weighted by molar-refractivity contribution is -0.00714. The molecule has 1 aliphatic heterocycles. The summed E-state index contributed by atoms with van der Waals surface area (Å²) in [6, 6.07) is 12.2. The number of ether oxygens (including phenoxy) is 2. The molecule has 2 atom stereocenters. The van der Waals surface area contributed by atoms with Crippen molar-refractivity contribution in [1.82, 2.24) is 10.2 Å². The standard InChI is InChI=1S/C24H34N2O3/c1-6-28-23-10-8-7-9-19(23)21-15-25-11-12-26(21)18(5)29-24-13-17(4)22(27)14-20(24)16(2)3/h7-10,13-14,16,18,21,25,27H,6,11-12,15H2,1-5H3. The molecular formula is C24H34N2O3. The molecule has 2 aromatic rings. The first kappa shape index (κ1) is 21.5. The van der Waals surface area contributed by atoms with Crippen molar-refractivity contribution in [1.29, 1.82) is 0 Å². The van der Waals surface area contributed by atoms with Crippen LogP contribution in [0.25, 0.3) is 0 Å². The topological polar surface area (TPSA) is 54.0 Å². The molecule has 2 unspecified atom stereocenters. The third-order valence-corrected chi connectivity index (χ3v) is 5.58. The molecule has 0 saturated carbocycles. The summed E-state index contributed by atoms with van der Waals surface area (Å²) >= 11 is 0. The highest BCUT2D eigenvalue weighted by Gasteiger charge is 2.31. The Labute approximate surface area is 174 Å². The summed E-state index contributed by atoms with van der Waals surface area (Å²) in [5, 5.41) is 13.7. The van der Waals surface area contributed by atoms with Crippen LogP contribution in [0.3, 0.4) is 0 Å². The number of piperazine rings is 1. The van der Waals surface area contributed by atoms with Crippen LogP contribution >= 0.6 is 0 Å². The highest BCUT2D eigenvalue weighted by Crippen LogP contribution is 2.36. The predicted octanol–water partition coefficient (Wildman–Crippen LogP) is 4.59. The van der Waals surface area contributed by atoms with Gasteiger partial charge in [0.1, 0.15) is 23.5 Å². The molecular weight excluding hydrogens is 364 g/mol. The molecule has 0 spiro atoms. The van der Waals surface area contributed by atoms with E-state index in [0.717, 1.165) is 42.3 Å². The van der Waals surface area contributed by atoms with E-state index >= 15 is 0 Å². The minimum Gasteiger partial charge on any atom is -0.508 e. The number of rotatable bonds is 7. The average molecular weight is 399 g/mol. The van der Waals surface area contributed by atoms with Gasteiger partial charge in [-0.3, -0.25) is 4.90 Å². The highest BCUT2D eigenvalue weighted by atomic mass is 16.5. The molecule has 0 radical (unpaired) electrons. The van der Waals surface area contributed by atoms with Crippen molar-refractivity contribution in [3.63, 3.8) is 0 Å². The fraction of sp³-hybridized carbons (Fsp3) is 0.500. The second-order valence-electron chi connectivity index (χ2n) is 7.98. The summed E-state index contributed by atoms with van der Waals surface area (Å²) in [7, 11) is 0. The average Bonchev–Trinajstić information content (AvgIpc) is 2.71. The molecule has 5 heteroatoms. The summed E-state index contributed by atoms with van der Waals surface area (Å²) in [5.74, 6) is 2.36. The van der Waals surface area contributed by atoms with Crippen molar-refractivity contribution >= 4 is 0 Å². The number of phenols is 1. The van der Waals surface area contributed by atoms with Crippen molar-refractivity contribution < 1.29 is 14.6 Å². The Kier molecular flexibility index (Phi) is 7.04. The second kappa shape index (κ2) is 9.51. The minimum atomic E-state index is -0.113. The van der Waals surface area contributed by atoms with Crippen LogP contribution in [0, 0.1) is 6.92 Å². The van der Waals surface area contributed by atoms with Crippen molar-refractivity contribution in [2.24, 2.45) is 0 Å². The number of hydrogen-bond acceptors (Lipinski definition) is 5. The van der Waals surface area contributed by atoms with Crippen LogP contribution < -0.4 is 14.8 Å². The zero-order valence-corrected chi connectivity index (χ0v) is 18.2. The van der Waals surface area contributed by atoms with E-state index in [1.165, 1.54) is 5.56 Å². The Morgan fingerprint density at radius 2 is 1.93 bits per heavy atom. The van der Waals surface area contributed by atoms with Crippen LogP contribution in [0.2, 0.25) is 0 Å². The van der Waals surface area contributed by atoms with Crippen LogP contribution in [0.15, 0.2) is 36.4 Å². The molecule has 29 heavy (non-hydrogen) atoms. The fourth-order valence-electron chi connectivity index (χ4n) is 3.98. The third kappa shape index (κ3) is 4.85. The number of nitrogens with one attached hydrogen (secondary N) is 1. The number of para-hydroxylation sites is 1. The third-order valence-electron chi connectivity index (χ3n) is 5.58. The van der Waals surface area contributed by atoms with E-state index in [1.807, 2.05) is 38.1 Å². The first-order valence-electron chi connectivity index (χ1n) is 10.6. The number of aryl methyl sites for hydroxylation is 1. The minimum absolute atomic E-state index is 0.113. The second-order valence-corrected chi connectivity index (χ2v) is 7.98. The zero-order chi connectivity index (χ0) is 21.0. The SMILES string of the molecule is CCOc1ccccc1C1CNCCN1C(C)Oc1cc(C)c(O)cc1C(C)C. The van der Waals surface area contributed by atoms with E-state index in [4.69, 9.17) is 9.47 Å². The van der Waals surface area contributed by atoms with Crippen LogP contribution in [-0.2, 0) is 0 Å². The van der Waals surface area contributed by atoms with E-state index in [-0.39, 0.29) is 18.2 Å². The van der Waals surface area contributed by atoms with Gasteiger partial charge in [-0.1, -0.05) is 32.0 Å². The molecule has 2 N–H and O–H groups in total. The van der Waals surface area contributed by atoms with E-state index in [1.54, 1.807) is 0 Å². The van der Waals surface area contributed by atoms with Crippen LogP contribution in [0.1, 0.15) is 56.3 Å². The monoisotopic (exact) mass is 398 g/mol. The smallest absolute Gasteiger partial charge is 0.150 e. The van der Waals surface area contributed by atoms with Gasteiger partial charge in [-0.25, -0.2) is 0 Å². The summed E-state index contributed by atoms with van der Waals surface area (Å²) in [6.45, 7) is 13.6. The van der Waals surface area contributed by atoms with Crippen molar-refractivity contribution in [3.8, 4) is 17.2 Å². The number of aromatic hydroxyl groups is 1. The largest absolute Gasteiger partial charge is 0.508 e. The van der Waals surface area contributed by atoms with E-state index < -0.39 is 0 Å². The lowest BCUT2D eigenvalue weighted by Gasteiger charge is -2.40. The number of nitrogens with zero attached hydrogens (tertiary/aromatic N) is 1. The predicted molar refractivity (Wildman–Crippen MR) is 117 cm³/mol. The Morgan fingerprint density at radius 3 is 2.66 bits per heavy atom. The van der Waals surface area contributed by atoms with Gasteiger partial charge in [0.25, 0.3) is 0 Å². The molecule has 3 rings (SSSR count). The first-order valence-corrected chi connectivity index (χ1v) is 10.6. The van der Waals surface area contributed by atoms with Gasteiger partial charge in [0.15, 0.2) is 0 Å². The number of benzene rings is 2. The van der Waals surface area contributed by atoms with Crippen molar-refractivity contribution in [2.45, 2.75) is 52.8 Å². The maximum atomic E-state index is 10.1. The molecule has 1 heterocycles. The van der Waals surface area contributed by atoms with Gasteiger partial charge >= 0.3 is 0 Å². The van der Waals surface area contributed by atoms with Gasteiger partial charge in [0.05, 0.1) is 12.6 Å². The van der Waals surface area contributed by atoms with E-state index in [2.05, 4.69) is 43.1 Å². The summed E-state index contributed by atoms with van der Waals surface area (Å²) in [5.41, 5.74) is 3.04. The van der Waals surface area contributed by atoms with Gasteiger partial charge in [0.2, 0.25) is 0 Å². The van der Waals surface area contributed by atoms with Gasteiger partial charge in [0, 0.05) is 30.8 Å². The maximum Gasteiger partial charge on any atom is 0.150 e. The Bertz CT molecular complexity index is 822. The van der Waals surface area contributed by atoms with E-state index in [0.29, 0.717) is 12.4 Å². The van der Waals surface area contributed by atoms with E-state index in [9.17, 15) is 5.11 Å². The Balaban J connectivity index is 1.88. The van der Waals surface area contributed by atoms with Gasteiger partial charge < -0.3 is 19.9 Å². The molecule has 1 aliphatic rings. The van der Waals surface area contributed by atoms with Gasteiger partial charge in [-0.15, -0.1) is 0 Å². The number of phenolic OH excluding ortho intramolecular Hbond substituents is 1. The normalized spacial score (nSPS) is 18.6. The maximum absolute atomic E-state index is 10.1. The van der Waals surface area contributed by atoms with Gasteiger partial charge in [-0.2, -0.15) is 0 Å². The molecule has 0 aliphatic carbocycles. The first-order chi connectivity index (χ1) is 13.9. The molecule has 158 valence electrons.